The molecule has 0 aliphatic carbocycles. The van der Waals surface area contributed by atoms with E-state index in [9.17, 15) is 14.0 Å². The van der Waals surface area contributed by atoms with Crippen LogP contribution in [0.3, 0.4) is 0 Å². The van der Waals surface area contributed by atoms with Crippen molar-refractivity contribution in [2.45, 2.75) is 31.0 Å². The summed E-state index contributed by atoms with van der Waals surface area (Å²) < 4.78 is 26.3. The number of likely N-dealkylation sites (N-methyl/N-ethyl adjacent to an activating group) is 1. The van der Waals surface area contributed by atoms with Crippen LogP contribution in [0, 0.1) is 5.82 Å². The number of rotatable bonds is 7. The van der Waals surface area contributed by atoms with E-state index in [1.54, 1.807) is 24.3 Å². The fourth-order valence-corrected chi connectivity index (χ4v) is 4.96. The van der Waals surface area contributed by atoms with Gasteiger partial charge in [0.05, 0.1) is 29.4 Å². The lowest BCUT2D eigenvalue weighted by atomic mass is 10.00. The minimum Gasteiger partial charge on any atom is -0.493 e. The molecule has 0 bridgehead atoms. The van der Waals surface area contributed by atoms with Gasteiger partial charge in [0.25, 0.3) is 0 Å². The van der Waals surface area contributed by atoms with Gasteiger partial charge in [-0.1, -0.05) is 17.7 Å². The molecular formula is C25H26ClFN6O4. The van der Waals surface area contributed by atoms with Crippen LogP contribution in [-0.2, 0) is 9.59 Å². The average molecular weight is 529 g/mol. The molecule has 2 fully saturated rings. The average Bonchev–Trinajstić information content (AvgIpc) is 3.20. The Hall–Kier alpha value is -3.70. The first-order valence-corrected chi connectivity index (χ1v) is 12.1. The SMILES string of the molecule is COc1cc2ncnc(Nc3cccc(Cl)c3F)c2cc1O[C@H]1C[C@@H](C(=O)N2CC[C@H]2C(N)=O)N(C)C1. The summed E-state index contributed by atoms with van der Waals surface area (Å²) >= 11 is 5.92. The summed E-state index contributed by atoms with van der Waals surface area (Å²) in [5.74, 6) is 0.0534. The normalized spacial score (nSPS) is 21.5. The number of methoxy groups -OCH3 is 1. The number of carbonyl (C=O) groups is 2. The molecular weight excluding hydrogens is 503 g/mol. The minimum atomic E-state index is -0.591. The maximum atomic E-state index is 14.5. The van der Waals surface area contributed by atoms with Crippen molar-refractivity contribution in [1.82, 2.24) is 19.8 Å². The van der Waals surface area contributed by atoms with Crippen molar-refractivity contribution in [1.29, 1.82) is 0 Å². The zero-order chi connectivity index (χ0) is 26.3. The summed E-state index contributed by atoms with van der Waals surface area (Å²) in [6.07, 6.45) is 2.07. The molecule has 0 saturated carbocycles. The van der Waals surface area contributed by atoms with Crippen LogP contribution >= 0.6 is 11.6 Å². The van der Waals surface area contributed by atoms with Crippen LogP contribution in [0.25, 0.3) is 10.9 Å². The van der Waals surface area contributed by atoms with Crippen molar-refractivity contribution in [3.8, 4) is 11.5 Å². The van der Waals surface area contributed by atoms with Crippen LogP contribution < -0.4 is 20.5 Å². The Bertz CT molecular complexity index is 1370. The largest absolute Gasteiger partial charge is 0.493 e. The first-order chi connectivity index (χ1) is 17.8. The predicted octanol–water partition coefficient (Wildman–Crippen LogP) is 2.71. The molecule has 3 heterocycles. The van der Waals surface area contributed by atoms with Gasteiger partial charge in [-0.3, -0.25) is 14.5 Å². The van der Waals surface area contributed by atoms with Crippen LogP contribution in [0.2, 0.25) is 5.02 Å². The first kappa shape index (κ1) is 25.0. The van der Waals surface area contributed by atoms with E-state index < -0.39 is 23.8 Å². The number of fused-ring (bicyclic) bond motifs is 1. The van der Waals surface area contributed by atoms with E-state index in [2.05, 4.69) is 15.3 Å². The highest BCUT2D eigenvalue weighted by atomic mass is 35.5. The molecule has 0 spiro atoms. The number of ether oxygens (including phenoxy) is 2. The van der Waals surface area contributed by atoms with Gasteiger partial charge in [-0.2, -0.15) is 0 Å². The molecule has 3 aromatic rings. The van der Waals surface area contributed by atoms with Crippen molar-refractivity contribution >= 4 is 45.8 Å². The van der Waals surface area contributed by atoms with Gasteiger partial charge in [-0.25, -0.2) is 14.4 Å². The van der Waals surface area contributed by atoms with Gasteiger partial charge in [0, 0.05) is 31.0 Å². The van der Waals surface area contributed by atoms with E-state index in [-0.39, 0.29) is 22.7 Å². The number of primary amides is 1. The number of amides is 2. The van der Waals surface area contributed by atoms with Gasteiger partial charge in [-0.15, -0.1) is 0 Å². The summed E-state index contributed by atoms with van der Waals surface area (Å²) in [5, 5.41) is 3.55. The molecule has 3 N–H and O–H groups in total. The Morgan fingerprint density at radius 3 is 2.73 bits per heavy atom. The zero-order valence-corrected chi connectivity index (χ0v) is 21.0. The van der Waals surface area contributed by atoms with Crippen LogP contribution in [0.15, 0.2) is 36.7 Å². The Morgan fingerprint density at radius 2 is 2.03 bits per heavy atom. The monoisotopic (exact) mass is 528 g/mol. The van der Waals surface area contributed by atoms with Crippen LogP contribution in [0.1, 0.15) is 12.8 Å². The number of likely N-dealkylation sites (tertiary alicyclic amines) is 2. The first-order valence-electron chi connectivity index (χ1n) is 11.8. The number of aromatic nitrogens is 2. The number of carbonyl (C=O) groups excluding carboxylic acids is 2. The van der Waals surface area contributed by atoms with Crippen LogP contribution in [-0.4, -0.2) is 77.0 Å². The third kappa shape index (κ3) is 4.72. The molecule has 2 aliphatic heterocycles. The van der Waals surface area contributed by atoms with Crippen molar-refractivity contribution in [2.24, 2.45) is 5.73 Å². The smallest absolute Gasteiger partial charge is 0.240 e. The number of nitrogens with zero attached hydrogens (tertiary/aromatic N) is 4. The molecule has 0 unspecified atom stereocenters. The van der Waals surface area contributed by atoms with Gasteiger partial charge in [-0.05, 0) is 31.7 Å². The summed E-state index contributed by atoms with van der Waals surface area (Å²) in [4.78, 5) is 36.7. The molecule has 194 valence electrons. The number of nitrogens with one attached hydrogen (secondary N) is 1. The molecule has 2 aromatic carbocycles. The second-order valence-electron chi connectivity index (χ2n) is 9.14. The number of nitrogens with two attached hydrogens (primary N) is 1. The quantitative estimate of drug-likeness (QED) is 0.480. The zero-order valence-electron chi connectivity index (χ0n) is 20.3. The van der Waals surface area contributed by atoms with E-state index in [0.717, 1.165) is 0 Å². The molecule has 3 atom stereocenters. The fourth-order valence-electron chi connectivity index (χ4n) is 4.79. The van der Waals surface area contributed by atoms with Crippen LogP contribution in [0.4, 0.5) is 15.9 Å². The number of hydrogen-bond donors (Lipinski definition) is 2. The lowest BCUT2D eigenvalue weighted by molar-refractivity contribution is -0.149. The van der Waals surface area contributed by atoms with Crippen molar-refractivity contribution in [3.63, 3.8) is 0 Å². The molecule has 5 rings (SSSR count). The molecule has 12 heteroatoms. The van der Waals surface area contributed by atoms with E-state index in [1.807, 2.05) is 11.9 Å². The van der Waals surface area contributed by atoms with E-state index in [1.165, 1.54) is 24.4 Å². The Labute approximate surface area is 217 Å². The van der Waals surface area contributed by atoms with Gasteiger partial charge >= 0.3 is 0 Å². The van der Waals surface area contributed by atoms with Gasteiger partial charge in [0.15, 0.2) is 17.3 Å². The second kappa shape index (κ2) is 9.98. The van der Waals surface area contributed by atoms with Crippen molar-refractivity contribution in [2.75, 3.05) is 32.6 Å². The Morgan fingerprint density at radius 1 is 1.22 bits per heavy atom. The minimum absolute atomic E-state index is 0.0103. The highest BCUT2D eigenvalue weighted by Crippen LogP contribution is 2.37. The number of anilines is 2. The molecule has 2 aliphatic rings. The highest BCUT2D eigenvalue weighted by Gasteiger charge is 2.44. The Balaban J connectivity index is 1.39. The summed E-state index contributed by atoms with van der Waals surface area (Å²) in [6.45, 7) is 1.01. The number of benzene rings is 2. The van der Waals surface area contributed by atoms with E-state index >= 15 is 0 Å². The van der Waals surface area contributed by atoms with E-state index in [4.69, 9.17) is 26.8 Å². The third-order valence-corrected chi connectivity index (χ3v) is 7.14. The van der Waals surface area contributed by atoms with E-state index in [0.29, 0.717) is 54.2 Å². The van der Waals surface area contributed by atoms with Gasteiger partial charge < -0.3 is 25.4 Å². The maximum absolute atomic E-state index is 14.5. The summed E-state index contributed by atoms with van der Waals surface area (Å²) in [7, 11) is 3.37. The lowest BCUT2D eigenvalue weighted by Gasteiger charge is -2.41. The van der Waals surface area contributed by atoms with Crippen molar-refractivity contribution in [3.05, 3.63) is 47.5 Å². The standard InChI is InChI=1S/C25H26ClFN6O4/c1-32-11-13(8-19(32)25(35)33-7-6-18(33)23(28)34)37-21-9-14-17(10-20(21)36-2)29-12-30-24(14)31-16-5-3-4-15(26)22(16)27/h3-5,9-10,12-13,18-19H,6-8,11H2,1-2H3,(H2,28,34)(H,29,30,31)/t13-,18-,19-/m0/s1. The van der Waals surface area contributed by atoms with Crippen LogP contribution in [0.5, 0.6) is 11.5 Å². The van der Waals surface area contributed by atoms with Gasteiger partial charge in [0.2, 0.25) is 11.8 Å². The third-order valence-electron chi connectivity index (χ3n) is 6.85. The molecule has 0 radical (unpaired) electrons. The molecule has 1 aromatic heterocycles. The number of hydrogen-bond acceptors (Lipinski definition) is 8. The summed E-state index contributed by atoms with van der Waals surface area (Å²) in [5.41, 5.74) is 6.15. The summed E-state index contributed by atoms with van der Waals surface area (Å²) in [6, 6.07) is 7.12. The predicted molar refractivity (Wildman–Crippen MR) is 136 cm³/mol. The molecule has 2 saturated heterocycles. The highest BCUT2D eigenvalue weighted by molar-refractivity contribution is 6.31. The molecule has 37 heavy (non-hydrogen) atoms. The second-order valence-corrected chi connectivity index (χ2v) is 9.55. The van der Waals surface area contributed by atoms with Gasteiger partial charge in [0.1, 0.15) is 24.3 Å². The Kier molecular flexibility index (Phi) is 6.74. The molecule has 10 nitrogen and oxygen atoms in total. The maximum Gasteiger partial charge on any atom is 0.240 e. The fraction of sp³-hybridized carbons (Fsp3) is 0.360. The van der Waals surface area contributed by atoms with Crippen molar-refractivity contribution < 1.29 is 23.5 Å². The molecule has 2 amide bonds. The number of halogens is 2. The topological polar surface area (TPSA) is 123 Å². The lowest BCUT2D eigenvalue weighted by Crippen LogP contribution is -2.60.